The molecule has 4 aromatic carbocycles. The van der Waals surface area contributed by atoms with Crippen molar-refractivity contribution in [1.82, 2.24) is 5.43 Å². The predicted molar refractivity (Wildman–Crippen MR) is 143 cm³/mol. The van der Waals surface area contributed by atoms with Crippen LogP contribution in [0.1, 0.15) is 15.2 Å². The maximum Gasteiger partial charge on any atom is 0.355 e. The van der Waals surface area contributed by atoms with Gasteiger partial charge in [-0.2, -0.15) is 5.10 Å². The van der Waals surface area contributed by atoms with E-state index >= 15 is 0 Å². The first-order valence-electron chi connectivity index (χ1n) is 11.0. The molecule has 0 atom stereocenters. The minimum Gasteiger partial charge on any atom is -0.484 e. The lowest BCUT2D eigenvalue weighted by atomic mass is 10.1. The highest BCUT2D eigenvalue weighted by Crippen LogP contribution is 2.36. The van der Waals surface area contributed by atoms with Crippen LogP contribution in [0.2, 0.25) is 5.02 Å². The predicted octanol–water partition coefficient (Wildman–Crippen LogP) is 6.46. The highest BCUT2D eigenvalue weighted by molar-refractivity contribution is 7.21. The average Bonchev–Trinajstić information content (AvgIpc) is 3.25. The number of fused-ring (bicyclic) bond motifs is 2. The van der Waals surface area contributed by atoms with Gasteiger partial charge >= 0.3 is 5.97 Å². The monoisotopic (exact) mass is 514 g/mol. The van der Waals surface area contributed by atoms with E-state index in [1.807, 2.05) is 66.7 Å². The molecule has 0 unspecified atom stereocenters. The van der Waals surface area contributed by atoms with Gasteiger partial charge in [0, 0.05) is 15.6 Å². The van der Waals surface area contributed by atoms with E-state index < -0.39 is 11.9 Å². The Morgan fingerprint density at radius 2 is 1.67 bits per heavy atom. The number of carbonyl (C=O) groups is 2. The van der Waals surface area contributed by atoms with Crippen molar-refractivity contribution >= 4 is 61.9 Å². The molecule has 6 nitrogen and oxygen atoms in total. The smallest absolute Gasteiger partial charge is 0.355 e. The maximum atomic E-state index is 12.8. The fourth-order valence-corrected chi connectivity index (χ4v) is 4.97. The van der Waals surface area contributed by atoms with Crippen LogP contribution in [0, 0.1) is 0 Å². The second-order valence-electron chi connectivity index (χ2n) is 7.76. The van der Waals surface area contributed by atoms with E-state index in [1.165, 1.54) is 17.6 Å². The molecule has 5 rings (SSSR count). The number of nitrogens with one attached hydrogen (secondary N) is 1. The van der Waals surface area contributed by atoms with Crippen molar-refractivity contribution in [2.45, 2.75) is 0 Å². The third kappa shape index (κ3) is 5.22. The Bertz CT molecular complexity index is 1610. The fourth-order valence-electron chi connectivity index (χ4n) is 3.58. The molecule has 5 aromatic rings. The molecule has 0 radical (unpaired) electrons. The van der Waals surface area contributed by atoms with Gasteiger partial charge in [-0.05, 0) is 41.1 Å². The van der Waals surface area contributed by atoms with E-state index in [2.05, 4.69) is 10.5 Å². The second kappa shape index (κ2) is 10.6. The van der Waals surface area contributed by atoms with Crippen LogP contribution in [0.4, 0.5) is 0 Å². The highest BCUT2D eigenvalue weighted by Gasteiger charge is 2.19. The zero-order valence-corrected chi connectivity index (χ0v) is 20.4. The Balaban J connectivity index is 1.21. The molecular formula is C28H19ClN2O4S. The summed E-state index contributed by atoms with van der Waals surface area (Å²) in [4.78, 5) is 25.3. The molecule has 36 heavy (non-hydrogen) atoms. The van der Waals surface area contributed by atoms with Crippen molar-refractivity contribution in [3.8, 4) is 11.5 Å². The number of ether oxygens (including phenoxy) is 2. The molecule has 8 heteroatoms. The third-order valence-electron chi connectivity index (χ3n) is 5.33. The summed E-state index contributed by atoms with van der Waals surface area (Å²) in [6.07, 6.45) is 1.41. The lowest BCUT2D eigenvalue weighted by Crippen LogP contribution is -2.24. The van der Waals surface area contributed by atoms with Crippen molar-refractivity contribution in [1.29, 1.82) is 0 Å². The molecule has 178 valence electrons. The molecule has 1 N–H and O–H groups in total. The summed E-state index contributed by atoms with van der Waals surface area (Å²) >= 11 is 7.67. The summed E-state index contributed by atoms with van der Waals surface area (Å²) in [6.45, 7) is -0.198. The first kappa shape index (κ1) is 23.5. The Labute approximate surface area is 215 Å². The minimum absolute atomic E-state index is 0.198. The summed E-state index contributed by atoms with van der Waals surface area (Å²) < 4.78 is 12.1. The number of hydrazone groups is 1. The number of amides is 1. The SMILES string of the molecule is O=C(COc1ccc2ccccc2c1)N/N=C\c1ccccc1OC(=O)c1sc2ccccc2c1Cl. The summed E-state index contributed by atoms with van der Waals surface area (Å²) in [5.41, 5.74) is 2.94. The van der Waals surface area contributed by atoms with Gasteiger partial charge in [-0.25, -0.2) is 10.2 Å². The second-order valence-corrected chi connectivity index (χ2v) is 9.19. The number of para-hydroxylation sites is 1. The summed E-state index contributed by atoms with van der Waals surface area (Å²) in [5, 5.41) is 7.26. The van der Waals surface area contributed by atoms with E-state index in [-0.39, 0.29) is 6.61 Å². The van der Waals surface area contributed by atoms with E-state index in [0.29, 0.717) is 27.0 Å². The fraction of sp³-hybridized carbons (Fsp3) is 0.0357. The minimum atomic E-state index is -0.560. The normalized spacial score (nSPS) is 11.1. The Morgan fingerprint density at radius 1 is 0.917 bits per heavy atom. The molecule has 0 saturated heterocycles. The Kier molecular flexibility index (Phi) is 6.93. The van der Waals surface area contributed by atoms with Gasteiger partial charge in [0.2, 0.25) is 0 Å². The lowest BCUT2D eigenvalue weighted by Gasteiger charge is -2.07. The molecule has 1 heterocycles. The Morgan fingerprint density at radius 3 is 2.53 bits per heavy atom. The number of esters is 1. The number of rotatable bonds is 7. The van der Waals surface area contributed by atoms with Gasteiger partial charge < -0.3 is 9.47 Å². The van der Waals surface area contributed by atoms with E-state index in [1.54, 1.807) is 24.3 Å². The largest absolute Gasteiger partial charge is 0.484 e. The number of carbonyl (C=O) groups excluding carboxylic acids is 2. The Hall–Kier alpha value is -4.20. The van der Waals surface area contributed by atoms with Gasteiger partial charge in [0.1, 0.15) is 16.4 Å². The van der Waals surface area contributed by atoms with Gasteiger partial charge in [0.25, 0.3) is 5.91 Å². The molecule has 0 aliphatic heterocycles. The number of nitrogens with zero attached hydrogens (tertiary/aromatic N) is 1. The molecule has 1 aromatic heterocycles. The topological polar surface area (TPSA) is 77.0 Å². The van der Waals surface area contributed by atoms with Gasteiger partial charge in [-0.3, -0.25) is 4.79 Å². The average molecular weight is 515 g/mol. The molecule has 0 saturated carbocycles. The number of benzene rings is 4. The van der Waals surface area contributed by atoms with E-state index in [4.69, 9.17) is 21.1 Å². The molecule has 0 aliphatic carbocycles. The van der Waals surface area contributed by atoms with Crippen LogP contribution in [-0.2, 0) is 4.79 Å². The molecule has 0 bridgehead atoms. The van der Waals surface area contributed by atoms with Crippen LogP contribution in [0.25, 0.3) is 20.9 Å². The highest BCUT2D eigenvalue weighted by atomic mass is 35.5. The number of hydrogen-bond acceptors (Lipinski definition) is 6. The van der Waals surface area contributed by atoms with Gasteiger partial charge in [-0.1, -0.05) is 72.3 Å². The standard InChI is InChI=1S/C28H19ClN2O4S/c29-26-22-10-4-6-12-24(22)36-27(26)28(33)35-23-11-5-3-9-20(23)16-30-31-25(32)17-34-21-14-13-18-7-1-2-8-19(18)15-21/h1-16H,17H2,(H,31,32)/b30-16-. The van der Waals surface area contributed by atoms with Crippen LogP contribution in [0.15, 0.2) is 96.1 Å². The van der Waals surface area contributed by atoms with Gasteiger partial charge in [0.15, 0.2) is 6.61 Å². The summed E-state index contributed by atoms with van der Waals surface area (Å²) in [7, 11) is 0. The first-order chi connectivity index (χ1) is 17.6. The maximum absolute atomic E-state index is 12.8. The molecular weight excluding hydrogens is 496 g/mol. The zero-order chi connectivity index (χ0) is 24.9. The number of halogens is 1. The number of hydrogen-bond donors (Lipinski definition) is 1. The first-order valence-corrected chi connectivity index (χ1v) is 12.2. The van der Waals surface area contributed by atoms with Crippen LogP contribution in [0.3, 0.4) is 0 Å². The van der Waals surface area contributed by atoms with Crippen molar-refractivity contribution in [3.05, 3.63) is 106 Å². The lowest BCUT2D eigenvalue weighted by molar-refractivity contribution is -0.123. The van der Waals surface area contributed by atoms with Gasteiger partial charge in [-0.15, -0.1) is 11.3 Å². The van der Waals surface area contributed by atoms with E-state index in [0.717, 1.165) is 20.9 Å². The van der Waals surface area contributed by atoms with Crippen molar-refractivity contribution in [3.63, 3.8) is 0 Å². The zero-order valence-electron chi connectivity index (χ0n) is 18.8. The van der Waals surface area contributed by atoms with Crippen LogP contribution in [-0.4, -0.2) is 24.7 Å². The van der Waals surface area contributed by atoms with Crippen molar-refractivity contribution < 1.29 is 19.1 Å². The van der Waals surface area contributed by atoms with Crippen LogP contribution in [0.5, 0.6) is 11.5 Å². The van der Waals surface area contributed by atoms with Crippen molar-refractivity contribution in [2.24, 2.45) is 5.10 Å². The molecule has 1 amide bonds. The van der Waals surface area contributed by atoms with Crippen LogP contribution >= 0.6 is 22.9 Å². The van der Waals surface area contributed by atoms with Crippen molar-refractivity contribution in [2.75, 3.05) is 6.61 Å². The quantitative estimate of drug-likeness (QED) is 0.117. The third-order valence-corrected chi connectivity index (χ3v) is 6.98. The molecule has 0 aliphatic rings. The number of thiophene rings is 1. The van der Waals surface area contributed by atoms with Crippen LogP contribution < -0.4 is 14.9 Å². The summed E-state index contributed by atoms with van der Waals surface area (Å²) in [6, 6.07) is 27.9. The molecule has 0 fully saturated rings. The molecule has 0 spiro atoms. The van der Waals surface area contributed by atoms with E-state index in [9.17, 15) is 9.59 Å². The summed E-state index contributed by atoms with van der Waals surface area (Å²) in [5.74, 6) is -0.104. The van der Waals surface area contributed by atoms with Gasteiger partial charge in [0.05, 0.1) is 11.2 Å².